The summed E-state index contributed by atoms with van der Waals surface area (Å²) < 4.78 is 0. The average Bonchev–Trinajstić information content (AvgIpc) is 2.26. The third-order valence-corrected chi connectivity index (χ3v) is 2.47. The smallest absolute Gasteiger partial charge is 0.162 e. The highest BCUT2D eigenvalue weighted by molar-refractivity contribution is 6.17. The highest BCUT2D eigenvalue weighted by Crippen LogP contribution is 2.11. The highest BCUT2D eigenvalue weighted by atomic mass is 35.5. The first-order chi connectivity index (χ1) is 6.77. The maximum atomic E-state index is 11.6. The lowest BCUT2D eigenvalue weighted by molar-refractivity contribution is 0.0979. The van der Waals surface area contributed by atoms with E-state index >= 15 is 0 Å². The lowest BCUT2D eigenvalue weighted by Crippen LogP contribution is -1.99. The first kappa shape index (κ1) is 11.3. The minimum absolute atomic E-state index is 0.221. The fourth-order valence-corrected chi connectivity index (χ4v) is 1.48. The van der Waals surface area contributed by atoms with Crippen molar-refractivity contribution in [2.24, 2.45) is 0 Å². The first-order valence-electron chi connectivity index (χ1n) is 4.96. The Morgan fingerprint density at radius 3 is 2.86 bits per heavy atom. The summed E-state index contributed by atoms with van der Waals surface area (Å²) in [5.41, 5.74) is 1.80. The molecule has 0 saturated heterocycles. The fourth-order valence-electron chi connectivity index (χ4n) is 1.31. The van der Waals surface area contributed by atoms with Gasteiger partial charge in [0.25, 0.3) is 0 Å². The summed E-state index contributed by atoms with van der Waals surface area (Å²) in [4.78, 5) is 11.6. The number of hydrogen-bond acceptors (Lipinski definition) is 1. The van der Waals surface area contributed by atoms with E-state index in [2.05, 4.69) is 6.92 Å². The van der Waals surface area contributed by atoms with Crippen molar-refractivity contribution in [3.8, 4) is 0 Å². The second-order valence-corrected chi connectivity index (χ2v) is 3.63. The summed E-state index contributed by atoms with van der Waals surface area (Å²) in [5, 5.41) is 0. The van der Waals surface area contributed by atoms with Crippen molar-refractivity contribution < 1.29 is 4.79 Å². The molecule has 0 aliphatic rings. The standard InChI is InChI=1S/C12H15ClO/c1-2-3-7-12(14)11-6-4-5-10(8-11)9-13/h4-6,8H,2-3,7,9H2,1H3. The van der Waals surface area contributed by atoms with Crippen molar-refractivity contribution in [3.05, 3.63) is 35.4 Å². The van der Waals surface area contributed by atoms with Crippen molar-refractivity contribution in [1.82, 2.24) is 0 Å². The third kappa shape index (κ3) is 3.15. The zero-order valence-corrected chi connectivity index (χ0v) is 9.18. The van der Waals surface area contributed by atoms with E-state index in [4.69, 9.17) is 11.6 Å². The van der Waals surface area contributed by atoms with Crippen molar-refractivity contribution in [1.29, 1.82) is 0 Å². The van der Waals surface area contributed by atoms with Gasteiger partial charge >= 0.3 is 0 Å². The molecule has 0 fully saturated rings. The van der Waals surface area contributed by atoms with Gasteiger partial charge < -0.3 is 0 Å². The first-order valence-corrected chi connectivity index (χ1v) is 5.49. The number of rotatable bonds is 5. The van der Waals surface area contributed by atoms with Crippen molar-refractivity contribution in [2.45, 2.75) is 32.1 Å². The van der Waals surface area contributed by atoms with Crippen LogP contribution in [0, 0.1) is 0 Å². The Morgan fingerprint density at radius 2 is 2.21 bits per heavy atom. The van der Waals surface area contributed by atoms with Crippen LogP contribution in [0.3, 0.4) is 0 Å². The van der Waals surface area contributed by atoms with E-state index in [1.54, 1.807) is 0 Å². The monoisotopic (exact) mass is 210 g/mol. The summed E-state index contributed by atoms with van der Waals surface area (Å²) in [6.45, 7) is 2.09. The van der Waals surface area contributed by atoms with Crippen molar-refractivity contribution in [3.63, 3.8) is 0 Å². The number of Topliss-reactive ketones (excluding diaryl/α,β-unsaturated/α-hetero) is 1. The van der Waals surface area contributed by atoms with Gasteiger partial charge in [-0.3, -0.25) is 4.79 Å². The van der Waals surface area contributed by atoms with E-state index in [0.717, 1.165) is 24.0 Å². The van der Waals surface area contributed by atoms with Crippen LogP contribution in [-0.2, 0) is 5.88 Å². The zero-order chi connectivity index (χ0) is 10.4. The van der Waals surface area contributed by atoms with E-state index in [0.29, 0.717) is 12.3 Å². The van der Waals surface area contributed by atoms with E-state index in [9.17, 15) is 4.79 Å². The molecule has 0 aliphatic heterocycles. The van der Waals surface area contributed by atoms with E-state index in [1.807, 2.05) is 24.3 Å². The second kappa shape index (κ2) is 5.82. The van der Waals surface area contributed by atoms with Crippen LogP contribution in [0.5, 0.6) is 0 Å². The molecule has 1 aromatic rings. The maximum Gasteiger partial charge on any atom is 0.162 e. The highest BCUT2D eigenvalue weighted by Gasteiger charge is 2.04. The minimum Gasteiger partial charge on any atom is -0.294 e. The van der Waals surface area contributed by atoms with Gasteiger partial charge in [0.15, 0.2) is 5.78 Å². The summed E-state index contributed by atoms with van der Waals surface area (Å²) in [5.74, 6) is 0.688. The number of halogens is 1. The Balaban J connectivity index is 2.69. The largest absolute Gasteiger partial charge is 0.294 e. The van der Waals surface area contributed by atoms with Gasteiger partial charge in [-0.15, -0.1) is 11.6 Å². The topological polar surface area (TPSA) is 17.1 Å². The lowest BCUT2D eigenvalue weighted by atomic mass is 10.0. The molecule has 1 aromatic carbocycles. The Hall–Kier alpha value is -0.820. The number of benzene rings is 1. The molecule has 0 spiro atoms. The minimum atomic E-state index is 0.221. The molecule has 0 saturated carbocycles. The van der Waals surface area contributed by atoms with Gasteiger partial charge in [-0.25, -0.2) is 0 Å². The van der Waals surface area contributed by atoms with E-state index < -0.39 is 0 Å². The molecule has 1 nitrogen and oxygen atoms in total. The van der Waals surface area contributed by atoms with Crippen molar-refractivity contribution >= 4 is 17.4 Å². The summed E-state index contributed by atoms with van der Waals surface area (Å²) in [7, 11) is 0. The van der Waals surface area contributed by atoms with Gasteiger partial charge in [0.2, 0.25) is 0 Å². The molecule has 76 valence electrons. The summed E-state index contributed by atoms with van der Waals surface area (Å²) in [6.07, 6.45) is 2.66. The number of hydrogen-bond donors (Lipinski definition) is 0. The van der Waals surface area contributed by atoms with Crippen LogP contribution >= 0.6 is 11.6 Å². The summed E-state index contributed by atoms with van der Waals surface area (Å²) >= 11 is 5.70. The lowest BCUT2D eigenvalue weighted by Gasteiger charge is -2.01. The van der Waals surface area contributed by atoms with Crippen LogP contribution in [-0.4, -0.2) is 5.78 Å². The number of carbonyl (C=O) groups excluding carboxylic acids is 1. The van der Waals surface area contributed by atoms with Crippen LogP contribution in [0.25, 0.3) is 0 Å². The van der Waals surface area contributed by atoms with Crippen molar-refractivity contribution in [2.75, 3.05) is 0 Å². The molecule has 14 heavy (non-hydrogen) atoms. The Bertz CT molecular complexity index is 307. The van der Waals surface area contributed by atoms with E-state index in [1.165, 1.54) is 0 Å². The SMILES string of the molecule is CCCCC(=O)c1cccc(CCl)c1. The third-order valence-electron chi connectivity index (χ3n) is 2.16. The average molecular weight is 211 g/mol. The molecule has 0 aromatic heterocycles. The Labute approximate surface area is 90.1 Å². The molecule has 2 heteroatoms. The quantitative estimate of drug-likeness (QED) is 0.534. The number of alkyl halides is 1. The van der Waals surface area contributed by atoms with Gasteiger partial charge in [0.1, 0.15) is 0 Å². The second-order valence-electron chi connectivity index (χ2n) is 3.36. The number of unbranched alkanes of at least 4 members (excludes halogenated alkanes) is 1. The molecule has 0 N–H and O–H groups in total. The van der Waals surface area contributed by atoms with Gasteiger partial charge in [-0.05, 0) is 18.1 Å². The van der Waals surface area contributed by atoms with Gasteiger partial charge in [0.05, 0.1) is 0 Å². The molecule has 1 rings (SSSR count). The molecular formula is C12H15ClO. The van der Waals surface area contributed by atoms with Gasteiger partial charge in [0, 0.05) is 17.9 Å². The number of carbonyl (C=O) groups is 1. The Morgan fingerprint density at radius 1 is 1.43 bits per heavy atom. The molecule has 0 radical (unpaired) electrons. The molecule has 0 bridgehead atoms. The normalized spacial score (nSPS) is 10.1. The molecular weight excluding hydrogens is 196 g/mol. The van der Waals surface area contributed by atoms with Gasteiger partial charge in [-0.2, -0.15) is 0 Å². The van der Waals surface area contributed by atoms with E-state index in [-0.39, 0.29) is 5.78 Å². The molecule has 0 heterocycles. The van der Waals surface area contributed by atoms with Crippen LogP contribution in [0.4, 0.5) is 0 Å². The zero-order valence-electron chi connectivity index (χ0n) is 8.42. The maximum absolute atomic E-state index is 11.6. The fraction of sp³-hybridized carbons (Fsp3) is 0.417. The van der Waals surface area contributed by atoms with Crippen LogP contribution < -0.4 is 0 Å². The predicted octanol–water partition coefficient (Wildman–Crippen LogP) is 3.80. The molecule has 0 aliphatic carbocycles. The Kier molecular flexibility index (Phi) is 4.68. The molecule has 0 unspecified atom stereocenters. The van der Waals surface area contributed by atoms with Crippen LogP contribution in [0.2, 0.25) is 0 Å². The van der Waals surface area contributed by atoms with Crippen LogP contribution in [0.1, 0.15) is 42.1 Å². The van der Waals surface area contributed by atoms with Crippen LogP contribution in [0.15, 0.2) is 24.3 Å². The predicted molar refractivity (Wildman–Crippen MR) is 59.9 cm³/mol. The molecule has 0 atom stereocenters. The summed E-state index contributed by atoms with van der Waals surface area (Å²) in [6, 6.07) is 7.56. The van der Waals surface area contributed by atoms with Gasteiger partial charge in [-0.1, -0.05) is 31.5 Å². The number of ketones is 1. The molecule has 0 amide bonds.